The number of nitrogen functional groups attached to an aromatic ring is 1. The van der Waals surface area contributed by atoms with Crippen molar-refractivity contribution < 1.29 is 13.2 Å². The molecule has 0 saturated carbocycles. The Morgan fingerprint density at radius 3 is 2.59 bits per heavy atom. The number of rotatable bonds is 2. The van der Waals surface area contributed by atoms with Gasteiger partial charge in [0.25, 0.3) is 0 Å². The molecule has 27 heavy (non-hydrogen) atoms. The maximum absolute atomic E-state index is 13.3. The van der Waals surface area contributed by atoms with Crippen molar-refractivity contribution in [1.29, 1.82) is 0 Å². The summed E-state index contributed by atoms with van der Waals surface area (Å²) in [6.07, 6.45) is -1.77. The van der Waals surface area contributed by atoms with Gasteiger partial charge in [-0.05, 0) is 36.8 Å². The van der Waals surface area contributed by atoms with Crippen molar-refractivity contribution in [3.63, 3.8) is 0 Å². The third-order valence-corrected chi connectivity index (χ3v) is 3.89. The molecule has 0 amide bonds. The first-order valence-electron chi connectivity index (χ1n) is 7.81. The van der Waals surface area contributed by atoms with E-state index < -0.39 is 11.9 Å². The monoisotopic (exact) mass is 371 g/mol. The van der Waals surface area contributed by atoms with Gasteiger partial charge in [-0.3, -0.25) is 4.98 Å². The minimum atomic E-state index is -4.59. The van der Waals surface area contributed by atoms with Gasteiger partial charge in [0, 0.05) is 11.9 Å². The Morgan fingerprint density at radius 1 is 1.07 bits per heavy atom. The van der Waals surface area contributed by atoms with Gasteiger partial charge in [0.05, 0.1) is 11.3 Å². The highest BCUT2D eigenvalue weighted by Gasteiger charge is 2.33. The van der Waals surface area contributed by atoms with Crippen LogP contribution in [0.3, 0.4) is 0 Å². The van der Waals surface area contributed by atoms with Crippen LogP contribution in [0.2, 0.25) is 0 Å². The van der Waals surface area contributed by atoms with Gasteiger partial charge in [-0.15, -0.1) is 0 Å². The molecule has 0 aliphatic heterocycles. The van der Waals surface area contributed by atoms with Gasteiger partial charge in [-0.25, -0.2) is 15.0 Å². The van der Waals surface area contributed by atoms with Crippen LogP contribution in [-0.4, -0.2) is 29.5 Å². The van der Waals surface area contributed by atoms with E-state index in [1.54, 1.807) is 24.4 Å². The van der Waals surface area contributed by atoms with Crippen molar-refractivity contribution in [3.8, 4) is 22.5 Å². The van der Waals surface area contributed by atoms with Crippen LogP contribution < -0.4 is 5.73 Å². The van der Waals surface area contributed by atoms with E-state index in [-0.39, 0.29) is 22.9 Å². The number of aromatic nitrogens is 6. The minimum Gasteiger partial charge on any atom is -0.368 e. The number of anilines is 1. The Kier molecular flexibility index (Phi) is 3.76. The van der Waals surface area contributed by atoms with Crippen molar-refractivity contribution in [2.45, 2.75) is 13.1 Å². The molecular formula is C17H12F3N7. The predicted octanol–water partition coefficient (Wildman–Crippen LogP) is 3.16. The molecule has 0 atom stereocenters. The maximum atomic E-state index is 13.3. The van der Waals surface area contributed by atoms with Crippen molar-refractivity contribution in [2.75, 3.05) is 5.73 Å². The van der Waals surface area contributed by atoms with E-state index in [0.717, 1.165) is 6.07 Å². The number of hydrogen-bond donors (Lipinski definition) is 1. The summed E-state index contributed by atoms with van der Waals surface area (Å²) in [7, 11) is 0. The van der Waals surface area contributed by atoms with Gasteiger partial charge < -0.3 is 5.73 Å². The summed E-state index contributed by atoms with van der Waals surface area (Å²) in [5.74, 6) is 0.0497. The van der Waals surface area contributed by atoms with Gasteiger partial charge in [0.2, 0.25) is 5.95 Å². The summed E-state index contributed by atoms with van der Waals surface area (Å²) in [4.78, 5) is 16.3. The zero-order valence-corrected chi connectivity index (χ0v) is 13.9. The molecule has 0 aliphatic rings. The van der Waals surface area contributed by atoms with E-state index >= 15 is 0 Å². The van der Waals surface area contributed by atoms with Crippen LogP contribution in [0, 0.1) is 6.92 Å². The first kappa shape index (κ1) is 16.9. The van der Waals surface area contributed by atoms with Gasteiger partial charge in [-0.2, -0.15) is 22.8 Å². The van der Waals surface area contributed by atoms with Crippen LogP contribution in [0.4, 0.5) is 19.1 Å². The highest BCUT2D eigenvalue weighted by Crippen LogP contribution is 2.36. The third-order valence-electron chi connectivity index (χ3n) is 3.89. The van der Waals surface area contributed by atoms with Gasteiger partial charge in [0.1, 0.15) is 17.7 Å². The quantitative estimate of drug-likeness (QED) is 0.582. The Bertz CT molecular complexity index is 1140. The molecule has 0 fully saturated rings. The molecule has 136 valence electrons. The molecule has 0 spiro atoms. The molecule has 0 unspecified atom stereocenters. The highest BCUT2D eigenvalue weighted by atomic mass is 19.4. The van der Waals surface area contributed by atoms with Crippen LogP contribution >= 0.6 is 0 Å². The van der Waals surface area contributed by atoms with E-state index in [2.05, 4.69) is 25.0 Å². The van der Waals surface area contributed by atoms with Crippen molar-refractivity contribution >= 4 is 11.6 Å². The predicted molar refractivity (Wildman–Crippen MR) is 91.4 cm³/mol. The Labute approximate surface area is 150 Å². The summed E-state index contributed by atoms with van der Waals surface area (Å²) < 4.78 is 41.1. The topological polar surface area (TPSA) is 94.9 Å². The van der Waals surface area contributed by atoms with E-state index in [4.69, 9.17) is 5.73 Å². The summed E-state index contributed by atoms with van der Waals surface area (Å²) in [6, 6.07) is 7.65. The number of hydrogen-bond acceptors (Lipinski definition) is 6. The first-order valence-corrected chi connectivity index (χ1v) is 7.81. The molecule has 4 rings (SSSR count). The third kappa shape index (κ3) is 2.94. The lowest BCUT2D eigenvalue weighted by Gasteiger charge is -2.14. The fourth-order valence-corrected chi connectivity index (χ4v) is 2.82. The molecule has 7 nitrogen and oxygen atoms in total. The lowest BCUT2D eigenvalue weighted by molar-refractivity contribution is -0.141. The summed E-state index contributed by atoms with van der Waals surface area (Å²) >= 11 is 0. The molecule has 0 saturated heterocycles. The second kappa shape index (κ2) is 6.01. The summed E-state index contributed by atoms with van der Waals surface area (Å²) in [5, 5.41) is 3.99. The SMILES string of the molecule is Cc1cc(-c2c(-c3ccccn3)nc(N)n3ncnc23)cc(C(F)(F)F)n1. The van der Waals surface area contributed by atoms with Crippen LogP contribution in [0.5, 0.6) is 0 Å². The second-order valence-electron chi connectivity index (χ2n) is 5.78. The summed E-state index contributed by atoms with van der Waals surface area (Å²) in [6.45, 7) is 1.49. The van der Waals surface area contributed by atoms with E-state index in [9.17, 15) is 13.2 Å². The van der Waals surface area contributed by atoms with E-state index in [1.807, 2.05) is 0 Å². The number of aryl methyl sites for hydroxylation is 1. The number of nitrogens with zero attached hydrogens (tertiary/aromatic N) is 6. The second-order valence-corrected chi connectivity index (χ2v) is 5.78. The molecule has 4 aromatic heterocycles. The minimum absolute atomic E-state index is 0.0497. The zero-order valence-electron chi connectivity index (χ0n) is 13.9. The first-order chi connectivity index (χ1) is 12.8. The van der Waals surface area contributed by atoms with Crippen LogP contribution in [0.25, 0.3) is 28.2 Å². The van der Waals surface area contributed by atoms with Crippen molar-refractivity contribution in [2.24, 2.45) is 0 Å². The Balaban J connectivity index is 2.09. The van der Waals surface area contributed by atoms with Crippen LogP contribution in [0.1, 0.15) is 11.4 Å². The Hall–Kier alpha value is -3.56. The Morgan fingerprint density at radius 2 is 1.89 bits per heavy atom. The van der Waals surface area contributed by atoms with E-state index in [0.29, 0.717) is 17.0 Å². The molecule has 0 aromatic carbocycles. The maximum Gasteiger partial charge on any atom is 0.433 e. The van der Waals surface area contributed by atoms with E-state index in [1.165, 1.54) is 23.8 Å². The molecular weight excluding hydrogens is 359 g/mol. The number of fused-ring (bicyclic) bond motifs is 1. The fourth-order valence-electron chi connectivity index (χ4n) is 2.82. The number of halogens is 3. The zero-order chi connectivity index (χ0) is 19.2. The largest absolute Gasteiger partial charge is 0.433 e. The number of pyridine rings is 2. The lowest BCUT2D eigenvalue weighted by Crippen LogP contribution is -2.10. The average Bonchev–Trinajstić information content (AvgIpc) is 3.11. The molecule has 4 heterocycles. The summed E-state index contributed by atoms with van der Waals surface area (Å²) in [5.41, 5.74) is 6.79. The number of nitrogens with two attached hydrogens (primary N) is 1. The van der Waals surface area contributed by atoms with Crippen molar-refractivity contribution in [1.82, 2.24) is 29.5 Å². The molecule has 0 bridgehead atoms. The van der Waals surface area contributed by atoms with Crippen LogP contribution in [-0.2, 0) is 6.18 Å². The van der Waals surface area contributed by atoms with Gasteiger partial charge in [-0.1, -0.05) is 6.07 Å². The average molecular weight is 371 g/mol. The van der Waals surface area contributed by atoms with Crippen LogP contribution in [0.15, 0.2) is 42.9 Å². The molecule has 0 radical (unpaired) electrons. The fraction of sp³-hybridized carbons (Fsp3) is 0.118. The lowest BCUT2D eigenvalue weighted by atomic mass is 10.0. The normalized spacial score (nSPS) is 11.9. The van der Waals surface area contributed by atoms with Gasteiger partial charge >= 0.3 is 6.18 Å². The molecule has 4 aromatic rings. The molecule has 0 aliphatic carbocycles. The number of alkyl halides is 3. The molecule has 10 heteroatoms. The van der Waals surface area contributed by atoms with Crippen molar-refractivity contribution in [3.05, 3.63) is 54.2 Å². The molecule has 2 N–H and O–H groups in total. The standard InChI is InChI=1S/C17H12F3N7/c1-9-6-10(7-12(25-9)17(18,19)20)13-14(11-4-2-3-5-22-11)26-16(21)27-15(13)23-8-24-27/h2-8H,1H3,(H2,21,26). The highest BCUT2D eigenvalue weighted by molar-refractivity contribution is 5.89. The smallest absolute Gasteiger partial charge is 0.368 e. The van der Waals surface area contributed by atoms with Gasteiger partial charge in [0.15, 0.2) is 5.65 Å².